The van der Waals surface area contributed by atoms with Gasteiger partial charge in [0.15, 0.2) is 0 Å². The van der Waals surface area contributed by atoms with E-state index in [2.05, 4.69) is 10.6 Å². The predicted molar refractivity (Wildman–Crippen MR) is 71.5 cm³/mol. The first-order chi connectivity index (χ1) is 9.34. The van der Waals surface area contributed by atoms with Crippen LogP contribution in [0.2, 0.25) is 0 Å². The molecule has 0 radical (unpaired) electrons. The Kier molecular flexibility index (Phi) is 4.09. The molecule has 9 heteroatoms. The van der Waals surface area contributed by atoms with Crippen molar-refractivity contribution in [1.82, 2.24) is 10.6 Å². The third kappa shape index (κ3) is 2.68. The Bertz CT molecular complexity index is 430. The summed E-state index contributed by atoms with van der Waals surface area (Å²) in [6.45, 7) is 0. The smallest absolute Gasteiger partial charge is 0.335 e. The Labute approximate surface area is 119 Å². The molecule has 8 nitrogen and oxygen atoms in total. The third-order valence-electron chi connectivity index (χ3n) is 3.76. The zero-order valence-corrected chi connectivity index (χ0v) is 11.5. The second-order valence-corrected chi connectivity index (χ2v) is 6.37. The van der Waals surface area contributed by atoms with Gasteiger partial charge in [0.05, 0.1) is 12.1 Å². The average Bonchev–Trinajstić information content (AvgIpc) is 2.88. The highest BCUT2D eigenvalue weighted by Crippen LogP contribution is 2.33. The van der Waals surface area contributed by atoms with Crippen molar-refractivity contribution in [3.8, 4) is 0 Å². The zero-order chi connectivity index (χ0) is 14.9. The Morgan fingerprint density at radius 2 is 2.00 bits per heavy atom. The molecule has 0 aromatic carbocycles. The molecule has 0 aromatic rings. The fourth-order valence-electron chi connectivity index (χ4n) is 2.53. The van der Waals surface area contributed by atoms with Crippen molar-refractivity contribution in [2.75, 3.05) is 5.75 Å². The van der Waals surface area contributed by atoms with Crippen LogP contribution < -0.4 is 16.4 Å². The molecule has 2 fully saturated rings. The molecule has 0 aliphatic carbocycles. The molecule has 0 bridgehead atoms. The topological polar surface area (TPSA) is 142 Å². The second kappa shape index (κ2) is 5.49. The van der Waals surface area contributed by atoms with E-state index in [1.165, 1.54) is 0 Å². The van der Waals surface area contributed by atoms with Crippen molar-refractivity contribution < 1.29 is 24.6 Å². The van der Waals surface area contributed by atoms with Crippen LogP contribution in [0, 0.1) is 0 Å². The van der Waals surface area contributed by atoms with E-state index in [-0.39, 0.29) is 29.8 Å². The van der Waals surface area contributed by atoms with Crippen LogP contribution in [-0.4, -0.2) is 56.8 Å². The molecule has 6 N–H and O–H groups in total. The fourth-order valence-corrected chi connectivity index (χ4v) is 4.07. The lowest BCUT2D eigenvalue weighted by atomic mass is 9.92. The minimum absolute atomic E-state index is 0.0225. The molecule has 0 spiro atoms. The molecular weight excluding hydrogens is 286 g/mol. The van der Waals surface area contributed by atoms with Crippen molar-refractivity contribution in [2.24, 2.45) is 5.73 Å². The van der Waals surface area contributed by atoms with Gasteiger partial charge in [0.1, 0.15) is 0 Å². The maximum atomic E-state index is 11.2. The van der Waals surface area contributed by atoms with Gasteiger partial charge in [-0.15, -0.1) is 0 Å². The summed E-state index contributed by atoms with van der Waals surface area (Å²) in [6, 6.07) is -0.0667. The lowest BCUT2D eigenvalue weighted by Crippen LogP contribution is -2.55. The number of fused-ring (bicyclic) bond motifs is 1. The molecule has 2 aliphatic rings. The molecule has 0 unspecified atom stereocenters. The molecule has 2 heterocycles. The Morgan fingerprint density at radius 1 is 1.35 bits per heavy atom. The van der Waals surface area contributed by atoms with Crippen LogP contribution >= 0.6 is 11.8 Å². The summed E-state index contributed by atoms with van der Waals surface area (Å²) in [5.41, 5.74) is 3.17. The van der Waals surface area contributed by atoms with Crippen molar-refractivity contribution in [3.63, 3.8) is 0 Å². The van der Waals surface area contributed by atoms with E-state index in [1.807, 2.05) is 0 Å². The minimum Gasteiger partial charge on any atom is -0.479 e. The van der Waals surface area contributed by atoms with E-state index in [9.17, 15) is 14.4 Å². The fraction of sp³-hybridized carbons (Fsp3) is 0.727. The van der Waals surface area contributed by atoms with Crippen LogP contribution in [0.4, 0.5) is 4.79 Å². The molecule has 3 atom stereocenters. The van der Waals surface area contributed by atoms with E-state index in [1.54, 1.807) is 11.8 Å². The number of carboxylic acid groups (broad SMARTS) is 2. The summed E-state index contributed by atoms with van der Waals surface area (Å²) >= 11 is 1.69. The number of amides is 2. The number of nitrogens with one attached hydrogen (secondary N) is 2. The summed E-state index contributed by atoms with van der Waals surface area (Å²) in [7, 11) is 0. The van der Waals surface area contributed by atoms with Crippen LogP contribution in [0.15, 0.2) is 0 Å². The first-order valence-electron chi connectivity index (χ1n) is 6.29. The van der Waals surface area contributed by atoms with Crippen LogP contribution in [0.5, 0.6) is 0 Å². The first-order valence-corrected chi connectivity index (χ1v) is 7.34. The van der Waals surface area contributed by atoms with E-state index >= 15 is 0 Å². The SMILES string of the molecule is NC(CCC[C@@H]1SC[C@@H]2NC(=O)N[C@@H]21)(C(=O)O)C(=O)O. The summed E-state index contributed by atoms with van der Waals surface area (Å²) < 4.78 is 0. The highest BCUT2D eigenvalue weighted by atomic mass is 32.2. The van der Waals surface area contributed by atoms with Crippen LogP contribution in [0.1, 0.15) is 19.3 Å². The second-order valence-electron chi connectivity index (χ2n) is 5.10. The van der Waals surface area contributed by atoms with Gasteiger partial charge in [-0.3, -0.25) is 0 Å². The monoisotopic (exact) mass is 303 g/mol. The van der Waals surface area contributed by atoms with Gasteiger partial charge in [0.2, 0.25) is 5.54 Å². The molecule has 0 saturated carbocycles. The number of urea groups is 1. The van der Waals surface area contributed by atoms with Crippen molar-refractivity contribution >= 4 is 29.7 Å². The number of carbonyl (C=O) groups is 3. The van der Waals surface area contributed by atoms with E-state index in [0.717, 1.165) is 5.75 Å². The van der Waals surface area contributed by atoms with E-state index in [4.69, 9.17) is 15.9 Å². The van der Waals surface area contributed by atoms with Gasteiger partial charge >= 0.3 is 18.0 Å². The predicted octanol–water partition coefficient (Wildman–Crippen LogP) is -0.811. The number of nitrogens with two attached hydrogens (primary N) is 1. The lowest BCUT2D eigenvalue weighted by molar-refractivity contribution is -0.157. The first kappa shape index (κ1) is 14.9. The maximum absolute atomic E-state index is 11.2. The quantitative estimate of drug-likeness (QED) is 0.319. The van der Waals surface area contributed by atoms with Crippen LogP contribution in [-0.2, 0) is 9.59 Å². The molecule has 2 rings (SSSR count). The largest absolute Gasteiger partial charge is 0.479 e. The van der Waals surface area contributed by atoms with Gasteiger partial charge in [-0.1, -0.05) is 0 Å². The molecule has 2 amide bonds. The summed E-state index contributed by atoms with van der Waals surface area (Å²) in [5, 5.41) is 23.6. The molecule has 2 saturated heterocycles. The van der Waals surface area contributed by atoms with Crippen molar-refractivity contribution in [2.45, 2.75) is 42.1 Å². The van der Waals surface area contributed by atoms with Crippen molar-refractivity contribution in [3.05, 3.63) is 0 Å². The van der Waals surface area contributed by atoms with E-state index in [0.29, 0.717) is 12.8 Å². The Morgan fingerprint density at radius 3 is 2.60 bits per heavy atom. The highest BCUT2D eigenvalue weighted by molar-refractivity contribution is 8.00. The van der Waals surface area contributed by atoms with Crippen LogP contribution in [0.3, 0.4) is 0 Å². The van der Waals surface area contributed by atoms with Crippen molar-refractivity contribution in [1.29, 1.82) is 0 Å². The highest BCUT2D eigenvalue weighted by Gasteiger charge is 2.45. The van der Waals surface area contributed by atoms with Gasteiger partial charge in [-0.25, -0.2) is 14.4 Å². The Hall–Kier alpha value is -1.48. The minimum atomic E-state index is -2.24. The van der Waals surface area contributed by atoms with Gasteiger partial charge < -0.3 is 26.6 Å². The summed E-state index contributed by atoms with van der Waals surface area (Å²) in [4.78, 5) is 33.1. The van der Waals surface area contributed by atoms with Gasteiger partial charge in [-0.2, -0.15) is 11.8 Å². The lowest BCUT2D eigenvalue weighted by Gasteiger charge is -2.21. The number of hydrogen-bond acceptors (Lipinski definition) is 5. The van der Waals surface area contributed by atoms with Gasteiger partial charge in [-0.05, 0) is 19.3 Å². The molecule has 0 aromatic heterocycles. The average molecular weight is 303 g/mol. The maximum Gasteiger partial charge on any atom is 0.335 e. The number of hydrogen-bond donors (Lipinski definition) is 5. The number of carbonyl (C=O) groups excluding carboxylic acids is 1. The number of carboxylic acids is 2. The zero-order valence-electron chi connectivity index (χ0n) is 10.7. The normalized spacial score (nSPS) is 28.6. The number of thioether (sulfide) groups is 1. The number of rotatable bonds is 6. The van der Waals surface area contributed by atoms with Gasteiger partial charge in [0, 0.05) is 11.0 Å². The number of aliphatic carboxylic acids is 2. The summed E-state index contributed by atoms with van der Waals surface area (Å²) in [6.07, 6.45) is 0.868. The van der Waals surface area contributed by atoms with E-state index < -0.39 is 17.5 Å². The van der Waals surface area contributed by atoms with Crippen LogP contribution in [0.25, 0.3) is 0 Å². The third-order valence-corrected chi connectivity index (χ3v) is 5.27. The summed E-state index contributed by atoms with van der Waals surface area (Å²) in [5.74, 6) is -2.25. The molecular formula is C11H17N3O5S. The molecule has 112 valence electrons. The molecule has 20 heavy (non-hydrogen) atoms. The van der Waals surface area contributed by atoms with Gasteiger partial charge in [0.25, 0.3) is 0 Å². The standard InChI is InChI=1S/C11H17N3O5S/c12-11(8(15)16,9(17)18)3-1-2-6-7-5(4-20-6)13-10(19)14-7/h5-7H,1-4,12H2,(H,15,16)(H,17,18)(H2,13,14,19)/t5-,6-,7-/m0/s1. The Balaban J connectivity index is 1.85. The molecule has 2 aliphatic heterocycles.